The topological polar surface area (TPSA) is 29.1 Å². The van der Waals surface area contributed by atoms with Gasteiger partial charge in [-0.25, -0.2) is 4.39 Å². The Morgan fingerprint density at radius 3 is 2.33 bits per heavy atom. The van der Waals surface area contributed by atoms with Crippen molar-refractivity contribution in [2.75, 3.05) is 5.75 Å². The Morgan fingerprint density at radius 2 is 1.67 bits per heavy atom. The molecular weight excluding hydrogens is 309 g/mol. The Bertz CT molecular complexity index is 586. The highest BCUT2D eigenvalue weighted by Crippen LogP contribution is 2.15. The van der Waals surface area contributed by atoms with Gasteiger partial charge in [0.15, 0.2) is 0 Å². The van der Waals surface area contributed by atoms with E-state index in [1.165, 1.54) is 12.1 Å². The van der Waals surface area contributed by atoms with Crippen LogP contribution in [0.2, 0.25) is 5.02 Å². The molecule has 0 radical (unpaired) electrons. The van der Waals surface area contributed by atoms with Gasteiger partial charge < -0.3 is 5.32 Å². The van der Waals surface area contributed by atoms with Crippen LogP contribution in [0.4, 0.5) is 4.39 Å². The monoisotopic (exact) mass is 323 g/mol. The summed E-state index contributed by atoms with van der Waals surface area (Å²) in [5.74, 6) is 0.854. The van der Waals surface area contributed by atoms with E-state index in [1.807, 2.05) is 24.3 Å². The van der Waals surface area contributed by atoms with E-state index in [1.54, 1.807) is 23.9 Å². The quantitative estimate of drug-likeness (QED) is 0.869. The predicted octanol–water partition coefficient (Wildman–Crippen LogP) is 4.03. The lowest BCUT2D eigenvalue weighted by Crippen LogP contribution is -2.24. The molecule has 0 aliphatic heterocycles. The molecule has 0 heterocycles. The smallest absolute Gasteiger partial charge is 0.230 e. The molecule has 0 aromatic heterocycles. The zero-order valence-electron chi connectivity index (χ0n) is 11.3. The largest absolute Gasteiger partial charge is 0.351 e. The molecule has 0 aliphatic rings. The van der Waals surface area contributed by atoms with Crippen molar-refractivity contribution in [3.05, 3.63) is 70.5 Å². The molecule has 0 bridgehead atoms. The summed E-state index contributed by atoms with van der Waals surface area (Å²) in [4.78, 5) is 11.7. The first kappa shape index (κ1) is 15.9. The average Bonchev–Trinajstić information content (AvgIpc) is 2.49. The molecule has 2 aromatic rings. The van der Waals surface area contributed by atoms with Gasteiger partial charge in [-0.1, -0.05) is 35.9 Å². The van der Waals surface area contributed by atoms with Gasteiger partial charge in [-0.05, 0) is 35.4 Å². The van der Waals surface area contributed by atoms with Crippen molar-refractivity contribution in [1.29, 1.82) is 0 Å². The molecule has 2 aromatic carbocycles. The second-order valence-electron chi connectivity index (χ2n) is 4.52. The SMILES string of the molecule is O=C(CSCc1ccc(Cl)cc1)NCc1ccc(F)cc1. The first-order valence-electron chi connectivity index (χ1n) is 6.47. The lowest BCUT2D eigenvalue weighted by atomic mass is 10.2. The number of hydrogen-bond donors (Lipinski definition) is 1. The molecule has 0 atom stereocenters. The number of halogens is 2. The molecule has 110 valence electrons. The Kier molecular flexibility index (Phi) is 6.08. The van der Waals surface area contributed by atoms with Crippen molar-refractivity contribution in [2.45, 2.75) is 12.3 Å². The third-order valence-corrected chi connectivity index (χ3v) is 4.07. The molecular formula is C16H15ClFNOS. The van der Waals surface area contributed by atoms with E-state index >= 15 is 0 Å². The fourth-order valence-corrected chi connectivity index (χ4v) is 2.64. The van der Waals surface area contributed by atoms with Crippen LogP contribution in [0.3, 0.4) is 0 Å². The van der Waals surface area contributed by atoms with Crippen LogP contribution in [0.25, 0.3) is 0 Å². The minimum Gasteiger partial charge on any atom is -0.351 e. The highest BCUT2D eigenvalue weighted by atomic mass is 35.5. The van der Waals surface area contributed by atoms with Crippen LogP contribution in [-0.2, 0) is 17.1 Å². The Balaban J connectivity index is 1.67. The molecule has 0 unspecified atom stereocenters. The Labute approximate surface area is 132 Å². The minimum absolute atomic E-state index is 0.0294. The normalized spacial score (nSPS) is 10.4. The zero-order valence-corrected chi connectivity index (χ0v) is 12.9. The van der Waals surface area contributed by atoms with Crippen LogP contribution in [-0.4, -0.2) is 11.7 Å². The molecule has 0 saturated heterocycles. The standard InChI is InChI=1S/C16H15ClFNOS/c17-14-5-1-13(2-6-14)10-21-11-16(20)19-9-12-3-7-15(18)8-4-12/h1-8H,9-11H2,(H,19,20). The molecule has 0 saturated carbocycles. The summed E-state index contributed by atoms with van der Waals surface area (Å²) < 4.78 is 12.7. The van der Waals surface area contributed by atoms with E-state index in [-0.39, 0.29) is 11.7 Å². The van der Waals surface area contributed by atoms with Crippen molar-refractivity contribution in [3.63, 3.8) is 0 Å². The fraction of sp³-hybridized carbons (Fsp3) is 0.188. The molecule has 0 fully saturated rings. The van der Waals surface area contributed by atoms with Crippen LogP contribution in [0.15, 0.2) is 48.5 Å². The van der Waals surface area contributed by atoms with Gasteiger partial charge in [-0.3, -0.25) is 4.79 Å². The maximum atomic E-state index is 12.7. The second kappa shape index (κ2) is 8.05. The molecule has 0 spiro atoms. The van der Waals surface area contributed by atoms with Gasteiger partial charge >= 0.3 is 0 Å². The lowest BCUT2D eigenvalue weighted by Gasteiger charge is -2.05. The Hall–Kier alpha value is -1.52. The molecule has 1 amide bonds. The van der Waals surface area contributed by atoms with E-state index in [4.69, 9.17) is 11.6 Å². The highest BCUT2D eigenvalue weighted by Gasteiger charge is 2.02. The van der Waals surface area contributed by atoms with Gasteiger partial charge in [0.25, 0.3) is 0 Å². The third kappa shape index (κ3) is 5.78. The molecule has 2 nitrogen and oxygen atoms in total. The van der Waals surface area contributed by atoms with Crippen molar-refractivity contribution in [3.8, 4) is 0 Å². The second-order valence-corrected chi connectivity index (χ2v) is 5.94. The number of amides is 1. The van der Waals surface area contributed by atoms with Gasteiger partial charge in [0.2, 0.25) is 5.91 Å². The van der Waals surface area contributed by atoms with Crippen molar-refractivity contribution >= 4 is 29.3 Å². The van der Waals surface area contributed by atoms with Crippen LogP contribution >= 0.6 is 23.4 Å². The summed E-state index contributed by atoms with van der Waals surface area (Å²) in [5, 5.41) is 3.52. The van der Waals surface area contributed by atoms with E-state index < -0.39 is 0 Å². The van der Waals surface area contributed by atoms with Gasteiger partial charge in [-0.15, -0.1) is 11.8 Å². The summed E-state index contributed by atoms with van der Waals surface area (Å²) >= 11 is 7.35. The predicted molar refractivity (Wildman–Crippen MR) is 85.9 cm³/mol. The molecule has 2 rings (SSSR count). The molecule has 5 heteroatoms. The van der Waals surface area contributed by atoms with Crippen molar-refractivity contribution in [1.82, 2.24) is 5.32 Å². The number of carbonyl (C=O) groups is 1. The van der Waals surface area contributed by atoms with Gasteiger partial charge in [0, 0.05) is 17.3 Å². The van der Waals surface area contributed by atoms with Crippen molar-refractivity contribution in [2.24, 2.45) is 0 Å². The first-order chi connectivity index (χ1) is 10.1. The summed E-state index contributed by atoms with van der Waals surface area (Å²) in [6.07, 6.45) is 0. The van der Waals surface area contributed by atoms with E-state index in [0.29, 0.717) is 17.3 Å². The molecule has 1 N–H and O–H groups in total. The number of carbonyl (C=O) groups excluding carboxylic acids is 1. The van der Waals surface area contributed by atoms with Crippen LogP contribution in [0.1, 0.15) is 11.1 Å². The third-order valence-electron chi connectivity index (χ3n) is 2.82. The minimum atomic E-state index is -0.274. The van der Waals surface area contributed by atoms with E-state index in [2.05, 4.69) is 5.32 Å². The maximum Gasteiger partial charge on any atom is 0.230 e. The number of benzene rings is 2. The van der Waals surface area contributed by atoms with Crippen LogP contribution in [0, 0.1) is 5.82 Å². The van der Waals surface area contributed by atoms with Crippen molar-refractivity contribution < 1.29 is 9.18 Å². The summed E-state index contributed by atoms with van der Waals surface area (Å²) in [6.45, 7) is 0.417. The molecule has 21 heavy (non-hydrogen) atoms. The highest BCUT2D eigenvalue weighted by molar-refractivity contribution is 7.99. The fourth-order valence-electron chi connectivity index (χ4n) is 1.70. The average molecular weight is 324 g/mol. The zero-order chi connectivity index (χ0) is 15.1. The number of nitrogens with one attached hydrogen (secondary N) is 1. The van der Waals surface area contributed by atoms with E-state index in [0.717, 1.165) is 16.9 Å². The van der Waals surface area contributed by atoms with Gasteiger partial charge in [0.1, 0.15) is 5.82 Å². The summed E-state index contributed by atoms with van der Waals surface area (Å²) in [6, 6.07) is 13.7. The van der Waals surface area contributed by atoms with Crippen LogP contribution in [0.5, 0.6) is 0 Å². The molecule has 0 aliphatic carbocycles. The maximum absolute atomic E-state index is 12.7. The summed E-state index contributed by atoms with van der Waals surface area (Å²) in [5.41, 5.74) is 2.02. The van der Waals surface area contributed by atoms with Crippen LogP contribution < -0.4 is 5.32 Å². The number of rotatable bonds is 6. The lowest BCUT2D eigenvalue weighted by molar-refractivity contribution is -0.118. The number of hydrogen-bond acceptors (Lipinski definition) is 2. The number of thioether (sulfide) groups is 1. The van der Waals surface area contributed by atoms with E-state index in [9.17, 15) is 9.18 Å². The van der Waals surface area contributed by atoms with Gasteiger partial charge in [-0.2, -0.15) is 0 Å². The Morgan fingerprint density at radius 1 is 1.05 bits per heavy atom. The summed E-state index contributed by atoms with van der Waals surface area (Å²) in [7, 11) is 0. The van der Waals surface area contributed by atoms with Gasteiger partial charge in [0.05, 0.1) is 5.75 Å². The first-order valence-corrected chi connectivity index (χ1v) is 8.00.